The first-order valence-corrected chi connectivity index (χ1v) is 9.93. The fourth-order valence-electron chi connectivity index (χ4n) is 3.05. The Kier molecular flexibility index (Phi) is 12.6. The highest BCUT2D eigenvalue weighted by Gasteiger charge is 2.27. The predicted molar refractivity (Wildman–Crippen MR) is 121 cm³/mol. The van der Waals surface area contributed by atoms with Gasteiger partial charge in [-0.25, -0.2) is 4.99 Å². The van der Waals surface area contributed by atoms with Gasteiger partial charge in [0.2, 0.25) is 0 Å². The zero-order valence-electron chi connectivity index (χ0n) is 16.9. The molecule has 0 amide bonds. The third-order valence-corrected chi connectivity index (χ3v) is 4.46. The number of rotatable bonds is 10. The quantitative estimate of drug-likeness (QED) is 0.209. The molecule has 9 heteroatoms. The van der Waals surface area contributed by atoms with Crippen molar-refractivity contribution >= 4 is 29.9 Å². The SMILES string of the molecule is CCNC(=NCc1ccc(COCC(F)(F)F)cc1)NCCCN1CCCC1.I. The minimum atomic E-state index is -4.29. The molecular formula is C20H32F3IN4O. The van der Waals surface area contributed by atoms with Gasteiger partial charge >= 0.3 is 6.18 Å². The first kappa shape index (κ1) is 26.0. The lowest BCUT2D eigenvalue weighted by Crippen LogP contribution is -2.38. The molecule has 1 aromatic rings. The summed E-state index contributed by atoms with van der Waals surface area (Å²) in [4.78, 5) is 7.07. The molecular weight excluding hydrogens is 496 g/mol. The summed E-state index contributed by atoms with van der Waals surface area (Å²) in [5, 5.41) is 6.59. The Morgan fingerprint density at radius 1 is 1.10 bits per heavy atom. The van der Waals surface area contributed by atoms with E-state index in [0.717, 1.165) is 37.6 Å². The van der Waals surface area contributed by atoms with E-state index in [0.29, 0.717) is 12.1 Å². The van der Waals surface area contributed by atoms with Crippen LogP contribution in [0.25, 0.3) is 0 Å². The zero-order chi connectivity index (χ0) is 20.2. The van der Waals surface area contributed by atoms with Crippen molar-refractivity contribution in [2.24, 2.45) is 4.99 Å². The molecule has 0 aromatic heterocycles. The fourth-order valence-corrected chi connectivity index (χ4v) is 3.05. The molecule has 29 heavy (non-hydrogen) atoms. The van der Waals surface area contributed by atoms with Crippen molar-refractivity contribution < 1.29 is 17.9 Å². The Balaban J connectivity index is 0.00000420. The lowest BCUT2D eigenvalue weighted by atomic mass is 10.1. The van der Waals surface area contributed by atoms with E-state index in [-0.39, 0.29) is 30.6 Å². The van der Waals surface area contributed by atoms with E-state index >= 15 is 0 Å². The molecule has 0 spiro atoms. The predicted octanol–water partition coefficient (Wildman–Crippen LogP) is 3.92. The number of guanidine groups is 1. The van der Waals surface area contributed by atoms with Crippen LogP contribution in [0.3, 0.4) is 0 Å². The highest BCUT2D eigenvalue weighted by atomic mass is 127. The van der Waals surface area contributed by atoms with Gasteiger partial charge in [0.15, 0.2) is 5.96 Å². The Labute approximate surface area is 188 Å². The van der Waals surface area contributed by atoms with E-state index in [1.165, 1.54) is 25.9 Å². The average molecular weight is 528 g/mol. The second-order valence-electron chi connectivity index (χ2n) is 6.95. The van der Waals surface area contributed by atoms with E-state index in [9.17, 15) is 13.2 Å². The highest BCUT2D eigenvalue weighted by Crippen LogP contribution is 2.16. The smallest absolute Gasteiger partial charge is 0.367 e. The van der Waals surface area contributed by atoms with E-state index < -0.39 is 12.8 Å². The number of aliphatic imine (C=N–C) groups is 1. The highest BCUT2D eigenvalue weighted by molar-refractivity contribution is 14.0. The van der Waals surface area contributed by atoms with Crippen LogP contribution in [0.15, 0.2) is 29.3 Å². The van der Waals surface area contributed by atoms with Gasteiger partial charge in [-0.1, -0.05) is 24.3 Å². The van der Waals surface area contributed by atoms with E-state index in [1.807, 2.05) is 19.1 Å². The van der Waals surface area contributed by atoms with Crippen molar-refractivity contribution in [3.8, 4) is 0 Å². The topological polar surface area (TPSA) is 48.9 Å². The van der Waals surface area contributed by atoms with Crippen molar-refractivity contribution in [3.05, 3.63) is 35.4 Å². The van der Waals surface area contributed by atoms with E-state index in [4.69, 9.17) is 0 Å². The average Bonchev–Trinajstić information content (AvgIpc) is 3.16. The Bertz CT molecular complexity index is 590. The molecule has 0 unspecified atom stereocenters. The third kappa shape index (κ3) is 11.6. The van der Waals surface area contributed by atoms with Crippen LogP contribution >= 0.6 is 24.0 Å². The maximum atomic E-state index is 12.1. The summed E-state index contributed by atoms with van der Waals surface area (Å²) in [6.45, 7) is 6.45. The summed E-state index contributed by atoms with van der Waals surface area (Å²) in [6.07, 6.45) is -0.592. The number of benzene rings is 1. The number of nitrogens with one attached hydrogen (secondary N) is 2. The maximum Gasteiger partial charge on any atom is 0.411 e. The summed E-state index contributed by atoms with van der Waals surface area (Å²) in [7, 11) is 0. The zero-order valence-corrected chi connectivity index (χ0v) is 19.3. The monoisotopic (exact) mass is 528 g/mol. The number of hydrogen-bond donors (Lipinski definition) is 2. The summed E-state index contributed by atoms with van der Waals surface area (Å²) >= 11 is 0. The first-order valence-electron chi connectivity index (χ1n) is 9.93. The minimum Gasteiger partial charge on any atom is -0.367 e. The number of halogens is 4. The van der Waals surface area contributed by atoms with E-state index in [2.05, 4.69) is 25.3 Å². The molecule has 0 radical (unpaired) electrons. The molecule has 1 aliphatic heterocycles. The van der Waals surface area contributed by atoms with Crippen molar-refractivity contribution in [3.63, 3.8) is 0 Å². The largest absolute Gasteiger partial charge is 0.411 e. The van der Waals surface area contributed by atoms with Crippen LogP contribution in [-0.2, 0) is 17.9 Å². The lowest BCUT2D eigenvalue weighted by molar-refractivity contribution is -0.176. The molecule has 1 fully saturated rings. The number of hydrogen-bond acceptors (Lipinski definition) is 3. The molecule has 1 aromatic carbocycles. The summed E-state index contributed by atoms with van der Waals surface area (Å²) in [6, 6.07) is 7.29. The van der Waals surface area contributed by atoms with Crippen LogP contribution in [0.2, 0.25) is 0 Å². The summed E-state index contributed by atoms with van der Waals surface area (Å²) in [5.41, 5.74) is 1.71. The summed E-state index contributed by atoms with van der Waals surface area (Å²) < 4.78 is 41.0. The molecule has 0 bridgehead atoms. The van der Waals surface area contributed by atoms with Crippen molar-refractivity contribution in [1.29, 1.82) is 0 Å². The van der Waals surface area contributed by atoms with Crippen molar-refractivity contribution in [1.82, 2.24) is 15.5 Å². The van der Waals surface area contributed by atoms with Gasteiger partial charge in [-0.3, -0.25) is 0 Å². The minimum absolute atomic E-state index is 0. The maximum absolute atomic E-state index is 12.1. The third-order valence-electron chi connectivity index (χ3n) is 4.46. The van der Waals surface area contributed by atoms with Gasteiger partial charge in [0, 0.05) is 13.1 Å². The Hall–Kier alpha value is -1.07. The Morgan fingerprint density at radius 3 is 2.38 bits per heavy atom. The van der Waals surface area contributed by atoms with Crippen LogP contribution in [0.1, 0.15) is 37.3 Å². The molecule has 1 heterocycles. The van der Waals surface area contributed by atoms with Crippen LogP contribution in [0.4, 0.5) is 13.2 Å². The van der Waals surface area contributed by atoms with Gasteiger partial charge in [0.25, 0.3) is 0 Å². The van der Waals surface area contributed by atoms with Crippen molar-refractivity contribution in [2.75, 3.05) is 39.3 Å². The normalized spacial score (nSPS) is 15.2. The molecule has 2 N–H and O–H groups in total. The second-order valence-corrected chi connectivity index (χ2v) is 6.95. The van der Waals surface area contributed by atoms with Crippen molar-refractivity contribution in [2.45, 2.75) is 45.5 Å². The van der Waals surface area contributed by atoms with Gasteiger partial charge in [-0.05, 0) is 56.9 Å². The Morgan fingerprint density at radius 2 is 1.76 bits per heavy atom. The molecule has 5 nitrogen and oxygen atoms in total. The van der Waals surface area contributed by atoms with Gasteiger partial charge in [0.05, 0.1) is 13.2 Å². The van der Waals surface area contributed by atoms with Gasteiger partial charge in [-0.15, -0.1) is 24.0 Å². The van der Waals surface area contributed by atoms with Gasteiger partial charge in [0.1, 0.15) is 6.61 Å². The number of alkyl halides is 3. The molecule has 0 atom stereocenters. The van der Waals surface area contributed by atoms with Gasteiger partial charge in [-0.2, -0.15) is 13.2 Å². The van der Waals surface area contributed by atoms with Crippen LogP contribution in [-0.4, -0.2) is 56.4 Å². The van der Waals surface area contributed by atoms with Crippen LogP contribution < -0.4 is 10.6 Å². The number of likely N-dealkylation sites (tertiary alicyclic amines) is 1. The number of nitrogens with zero attached hydrogens (tertiary/aromatic N) is 2. The molecule has 2 rings (SSSR count). The lowest BCUT2D eigenvalue weighted by Gasteiger charge is -2.15. The fraction of sp³-hybridized carbons (Fsp3) is 0.650. The van der Waals surface area contributed by atoms with Gasteiger partial charge < -0.3 is 20.3 Å². The molecule has 1 saturated heterocycles. The molecule has 0 saturated carbocycles. The summed E-state index contributed by atoms with van der Waals surface area (Å²) in [5.74, 6) is 0.779. The number of ether oxygens (including phenoxy) is 1. The standard InChI is InChI=1S/C20H31F3N4O.HI/c1-2-24-19(25-10-5-13-27-11-3-4-12-27)26-14-17-6-8-18(9-7-17)15-28-16-20(21,22)23;/h6-9H,2-5,10-16H2,1H3,(H2,24,25,26);1H. The van der Waals surface area contributed by atoms with Crippen LogP contribution in [0.5, 0.6) is 0 Å². The molecule has 166 valence electrons. The molecule has 1 aliphatic rings. The van der Waals surface area contributed by atoms with Crippen LogP contribution in [0, 0.1) is 0 Å². The first-order chi connectivity index (χ1) is 13.5. The molecule has 0 aliphatic carbocycles. The second kappa shape index (κ2) is 14.0. The van der Waals surface area contributed by atoms with E-state index in [1.54, 1.807) is 12.1 Å².